The van der Waals surface area contributed by atoms with Crippen LogP contribution in [0.4, 0.5) is 0 Å². The van der Waals surface area contributed by atoms with Crippen molar-refractivity contribution in [3.8, 4) is 0 Å². The molecular weight excluding hydrogens is 242 g/mol. The fraction of sp³-hybridized carbons (Fsp3) is 0.455. The molecule has 1 aromatic rings. The molecule has 0 aromatic carbocycles. The second kappa shape index (κ2) is 5.29. The molecule has 1 aliphatic rings. The van der Waals surface area contributed by atoms with E-state index in [9.17, 15) is 9.59 Å². The predicted molar refractivity (Wildman–Crippen MR) is 60.8 cm³/mol. The summed E-state index contributed by atoms with van der Waals surface area (Å²) in [7, 11) is 0. The first-order valence-electron chi connectivity index (χ1n) is 5.41. The smallest absolute Gasteiger partial charge is 0.333 e. The Balaban J connectivity index is 2.22. The van der Waals surface area contributed by atoms with E-state index in [1.807, 2.05) is 30.1 Å². The molecule has 1 saturated heterocycles. The van der Waals surface area contributed by atoms with E-state index in [0.717, 1.165) is 11.3 Å². The third kappa shape index (κ3) is 2.65. The number of carbonyl (C=O) groups excluding carboxylic acids is 2. The van der Waals surface area contributed by atoms with Crippen molar-refractivity contribution in [1.29, 1.82) is 0 Å². The summed E-state index contributed by atoms with van der Waals surface area (Å²) in [5.74, 6) is -1.41. The Labute approximate surface area is 103 Å². The van der Waals surface area contributed by atoms with E-state index in [0.29, 0.717) is 0 Å². The van der Waals surface area contributed by atoms with Crippen LogP contribution in [0.3, 0.4) is 0 Å². The van der Waals surface area contributed by atoms with Crippen LogP contribution in [0.1, 0.15) is 30.6 Å². The van der Waals surface area contributed by atoms with Gasteiger partial charge in [0.2, 0.25) is 0 Å². The Morgan fingerprint density at radius 3 is 3.00 bits per heavy atom. The van der Waals surface area contributed by atoms with Crippen molar-refractivity contribution in [2.24, 2.45) is 5.92 Å². The van der Waals surface area contributed by atoms with E-state index in [4.69, 9.17) is 0 Å². The highest BCUT2D eigenvalue weighted by atomic mass is 32.1. The molecule has 1 aromatic heterocycles. The van der Waals surface area contributed by atoms with Crippen molar-refractivity contribution in [2.45, 2.75) is 25.7 Å². The lowest BCUT2D eigenvalue weighted by Crippen LogP contribution is -2.25. The summed E-state index contributed by atoms with van der Waals surface area (Å²) >= 11 is 1.58. The molecule has 1 aliphatic heterocycles. The Morgan fingerprint density at radius 2 is 2.35 bits per heavy atom. The molecule has 0 saturated carbocycles. The standard InChI is InChI=1S/C11H13NO4S/c1-2-7(9-4-3-5-17-9)8-6-10(13)15-12-16-11(8)14/h3-5,7-8,12H,2,6H2,1H3. The van der Waals surface area contributed by atoms with Gasteiger partial charge in [-0.25, -0.2) is 4.79 Å². The minimum atomic E-state index is -0.485. The van der Waals surface area contributed by atoms with Gasteiger partial charge in [0.25, 0.3) is 0 Å². The van der Waals surface area contributed by atoms with Gasteiger partial charge in [0.05, 0.1) is 12.3 Å². The zero-order valence-corrected chi connectivity index (χ0v) is 10.2. The van der Waals surface area contributed by atoms with Crippen LogP contribution in [0.25, 0.3) is 0 Å². The summed E-state index contributed by atoms with van der Waals surface area (Å²) in [5.41, 5.74) is 1.91. The van der Waals surface area contributed by atoms with Gasteiger partial charge in [-0.3, -0.25) is 4.79 Å². The molecule has 1 N–H and O–H groups in total. The Hall–Kier alpha value is -1.40. The van der Waals surface area contributed by atoms with E-state index < -0.39 is 17.9 Å². The zero-order chi connectivity index (χ0) is 12.3. The first kappa shape index (κ1) is 12.1. The molecule has 2 heterocycles. The molecule has 2 atom stereocenters. The molecule has 6 heteroatoms. The largest absolute Gasteiger partial charge is 0.335 e. The molecule has 2 unspecified atom stereocenters. The summed E-state index contributed by atoms with van der Waals surface area (Å²) in [6.45, 7) is 1.99. The van der Waals surface area contributed by atoms with Gasteiger partial charge in [0, 0.05) is 16.4 Å². The molecule has 0 radical (unpaired) electrons. The van der Waals surface area contributed by atoms with Gasteiger partial charge in [0.1, 0.15) is 0 Å². The van der Waals surface area contributed by atoms with Crippen LogP contribution >= 0.6 is 11.3 Å². The topological polar surface area (TPSA) is 64.6 Å². The van der Waals surface area contributed by atoms with Crippen molar-refractivity contribution in [2.75, 3.05) is 0 Å². The normalized spacial score (nSPS) is 22.5. The van der Waals surface area contributed by atoms with Crippen molar-refractivity contribution in [3.05, 3.63) is 22.4 Å². The maximum atomic E-state index is 11.7. The van der Waals surface area contributed by atoms with Crippen LogP contribution in [-0.2, 0) is 19.3 Å². The lowest BCUT2D eigenvalue weighted by Gasteiger charge is -2.19. The summed E-state index contributed by atoms with van der Waals surface area (Å²) in [5, 5.41) is 1.95. The average Bonchev–Trinajstić information content (AvgIpc) is 2.76. The molecule has 5 nitrogen and oxygen atoms in total. The summed E-state index contributed by atoms with van der Waals surface area (Å²) in [6.07, 6.45) is 0.815. The van der Waals surface area contributed by atoms with E-state index >= 15 is 0 Å². The van der Waals surface area contributed by atoms with Crippen LogP contribution in [0.2, 0.25) is 0 Å². The molecule has 0 amide bonds. The SMILES string of the molecule is CCC(c1cccs1)C1CC(=O)ONOC1=O. The summed E-state index contributed by atoms with van der Waals surface area (Å²) in [6, 6.07) is 3.90. The van der Waals surface area contributed by atoms with Crippen LogP contribution < -0.4 is 5.64 Å². The molecule has 0 spiro atoms. The van der Waals surface area contributed by atoms with Gasteiger partial charge < -0.3 is 9.68 Å². The Bertz CT molecular complexity index is 404. The lowest BCUT2D eigenvalue weighted by atomic mass is 9.86. The van der Waals surface area contributed by atoms with Gasteiger partial charge in [-0.05, 0) is 17.9 Å². The van der Waals surface area contributed by atoms with Gasteiger partial charge >= 0.3 is 11.9 Å². The number of hydrogen-bond acceptors (Lipinski definition) is 6. The lowest BCUT2D eigenvalue weighted by molar-refractivity contribution is -0.191. The number of rotatable bonds is 3. The molecular formula is C11H13NO4S. The van der Waals surface area contributed by atoms with Crippen molar-refractivity contribution >= 4 is 23.3 Å². The van der Waals surface area contributed by atoms with Gasteiger partial charge in [-0.2, -0.15) is 0 Å². The number of thiophene rings is 1. The number of carbonyl (C=O) groups is 2. The van der Waals surface area contributed by atoms with Gasteiger partial charge in [-0.15, -0.1) is 11.3 Å². The van der Waals surface area contributed by atoms with Gasteiger partial charge in [0.15, 0.2) is 0 Å². The van der Waals surface area contributed by atoms with Crippen molar-refractivity contribution in [3.63, 3.8) is 0 Å². The third-order valence-corrected chi connectivity index (χ3v) is 3.83. The molecule has 0 bridgehead atoms. The minimum Gasteiger partial charge on any atom is -0.335 e. The molecule has 0 aliphatic carbocycles. The van der Waals surface area contributed by atoms with Gasteiger partial charge in [-0.1, -0.05) is 13.0 Å². The predicted octanol–water partition coefficient (Wildman–Crippen LogP) is 1.77. The maximum Gasteiger partial charge on any atom is 0.333 e. The van der Waals surface area contributed by atoms with E-state index in [2.05, 4.69) is 9.68 Å². The van der Waals surface area contributed by atoms with Crippen LogP contribution in [-0.4, -0.2) is 11.9 Å². The fourth-order valence-electron chi connectivity index (χ4n) is 1.98. The molecule has 17 heavy (non-hydrogen) atoms. The number of nitrogens with one attached hydrogen (secondary N) is 1. The highest BCUT2D eigenvalue weighted by Gasteiger charge is 2.35. The maximum absolute atomic E-state index is 11.7. The quantitative estimate of drug-likeness (QED) is 0.891. The number of hydrogen-bond donors (Lipinski definition) is 1. The minimum absolute atomic E-state index is 0.00468. The second-order valence-corrected chi connectivity index (χ2v) is 4.80. The van der Waals surface area contributed by atoms with Crippen LogP contribution in [0.5, 0.6) is 0 Å². The second-order valence-electron chi connectivity index (χ2n) is 3.82. The van der Waals surface area contributed by atoms with Crippen molar-refractivity contribution in [1.82, 2.24) is 5.64 Å². The highest BCUT2D eigenvalue weighted by molar-refractivity contribution is 7.10. The first-order chi connectivity index (χ1) is 8.22. The van der Waals surface area contributed by atoms with E-state index in [-0.39, 0.29) is 12.3 Å². The summed E-state index contributed by atoms with van der Waals surface area (Å²) < 4.78 is 0. The molecule has 92 valence electrons. The van der Waals surface area contributed by atoms with Crippen molar-refractivity contribution < 1.29 is 19.3 Å². The van der Waals surface area contributed by atoms with Crippen LogP contribution in [0, 0.1) is 5.92 Å². The molecule has 1 fully saturated rings. The van der Waals surface area contributed by atoms with E-state index in [1.54, 1.807) is 11.3 Å². The monoisotopic (exact) mass is 255 g/mol. The van der Waals surface area contributed by atoms with E-state index in [1.165, 1.54) is 0 Å². The average molecular weight is 255 g/mol. The first-order valence-corrected chi connectivity index (χ1v) is 6.29. The Morgan fingerprint density at radius 1 is 1.53 bits per heavy atom. The summed E-state index contributed by atoms with van der Waals surface area (Å²) in [4.78, 5) is 33.3. The third-order valence-electron chi connectivity index (χ3n) is 2.82. The van der Waals surface area contributed by atoms with Crippen LogP contribution in [0.15, 0.2) is 17.5 Å². The highest BCUT2D eigenvalue weighted by Crippen LogP contribution is 2.34. The molecule has 2 rings (SSSR count). The fourth-order valence-corrected chi connectivity index (χ4v) is 2.96. The zero-order valence-electron chi connectivity index (χ0n) is 9.34. The Kier molecular flexibility index (Phi) is 3.75.